The Morgan fingerprint density at radius 3 is 1.48 bits per heavy atom. The van der Waals surface area contributed by atoms with E-state index < -0.39 is 0 Å². The third-order valence-electron chi connectivity index (χ3n) is 5.59. The van der Waals surface area contributed by atoms with Gasteiger partial charge < -0.3 is 10.2 Å². The fraction of sp³-hybridized carbons (Fsp3) is 0.917. The SMILES string of the molecule is CCCCCCCC/C=C\CCCCCCCCN(C(C)CO)C(C)CO. The van der Waals surface area contributed by atoms with Gasteiger partial charge in [0, 0.05) is 12.1 Å². The quantitative estimate of drug-likeness (QED) is 0.197. The van der Waals surface area contributed by atoms with Gasteiger partial charge in [-0.3, -0.25) is 4.90 Å². The van der Waals surface area contributed by atoms with E-state index in [1.54, 1.807) is 0 Å². The molecule has 0 saturated heterocycles. The van der Waals surface area contributed by atoms with Gasteiger partial charge in [-0.1, -0.05) is 76.9 Å². The maximum Gasteiger partial charge on any atom is 0.0584 e. The van der Waals surface area contributed by atoms with Crippen molar-refractivity contribution in [3.8, 4) is 0 Å². The van der Waals surface area contributed by atoms with Crippen molar-refractivity contribution in [2.45, 2.75) is 123 Å². The molecule has 0 fully saturated rings. The highest BCUT2D eigenvalue weighted by atomic mass is 16.3. The maximum absolute atomic E-state index is 9.36. The number of nitrogens with zero attached hydrogens (tertiary/aromatic N) is 1. The number of aliphatic hydroxyl groups is 2. The van der Waals surface area contributed by atoms with Gasteiger partial charge in [-0.25, -0.2) is 0 Å². The van der Waals surface area contributed by atoms with Gasteiger partial charge in [-0.15, -0.1) is 0 Å². The summed E-state index contributed by atoms with van der Waals surface area (Å²) in [5.74, 6) is 0. The molecule has 2 unspecified atom stereocenters. The van der Waals surface area contributed by atoms with Crippen LogP contribution in [0.2, 0.25) is 0 Å². The normalized spacial score (nSPS) is 14.3. The summed E-state index contributed by atoms with van der Waals surface area (Å²) in [7, 11) is 0. The van der Waals surface area contributed by atoms with Crippen LogP contribution in [0.1, 0.15) is 111 Å². The molecule has 0 aliphatic heterocycles. The van der Waals surface area contributed by atoms with Gasteiger partial charge in [0.05, 0.1) is 13.2 Å². The van der Waals surface area contributed by atoms with Crippen LogP contribution in [0, 0.1) is 0 Å². The summed E-state index contributed by atoms with van der Waals surface area (Å²) in [5, 5.41) is 18.7. The molecular formula is C24H49NO2. The van der Waals surface area contributed by atoms with Crippen LogP contribution >= 0.6 is 0 Å². The second-order valence-corrected chi connectivity index (χ2v) is 8.24. The molecule has 0 heterocycles. The van der Waals surface area contributed by atoms with Gasteiger partial charge in [0.25, 0.3) is 0 Å². The number of hydrogen-bond acceptors (Lipinski definition) is 3. The number of hydrogen-bond donors (Lipinski definition) is 2. The van der Waals surface area contributed by atoms with Crippen molar-refractivity contribution in [1.29, 1.82) is 0 Å². The van der Waals surface area contributed by atoms with Crippen LogP contribution in [-0.4, -0.2) is 47.0 Å². The molecule has 3 nitrogen and oxygen atoms in total. The summed E-state index contributed by atoms with van der Waals surface area (Å²) in [6, 6.07) is 0.269. The summed E-state index contributed by atoms with van der Waals surface area (Å²) < 4.78 is 0. The molecule has 0 aromatic carbocycles. The molecule has 0 radical (unpaired) electrons. The first-order valence-electron chi connectivity index (χ1n) is 11.8. The summed E-state index contributed by atoms with van der Waals surface area (Å²) in [6.07, 6.45) is 23.3. The van der Waals surface area contributed by atoms with Gasteiger partial charge >= 0.3 is 0 Å². The third kappa shape index (κ3) is 16.3. The Hall–Kier alpha value is -0.380. The Kier molecular flexibility index (Phi) is 20.1. The van der Waals surface area contributed by atoms with Crippen LogP contribution in [-0.2, 0) is 0 Å². The van der Waals surface area contributed by atoms with E-state index in [1.807, 2.05) is 13.8 Å². The largest absolute Gasteiger partial charge is 0.395 e. The van der Waals surface area contributed by atoms with Crippen LogP contribution < -0.4 is 0 Å². The van der Waals surface area contributed by atoms with Crippen molar-refractivity contribution >= 4 is 0 Å². The Balaban J connectivity index is 3.45. The molecule has 0 saturated carbocycles. The second-order valence-electron chi connectivity index (χ2n) is 8.24. The molecule has 0 rings (SSSR count). The van der Waals surface area contributed by atoms with E-state index in [-0.39, 0.29) is 25.3 Å². The molecule has 27 heavy (non-hydrogen) atoms. The van der Waals surface area contributed by atoms with Gasteiger partial charge in [0.15, 0.2) is 0 Å². The molecule has 0 aliphatic rings. The first-order chi connectivity index (χ1) is 13.2. The van der Waals surface area contributed by atoms with Crippen molar-refractivity contribution in [2.75, 3.05) is 19.8 Å². The lowest BCUT2D eigenvalue weighted by atomic mass is 10.1. The third-order valence-corrected chi connectivity index (χ3v) is 5.59. The fourth-order valence-electron chi connectivity index (χ4n) is 3.63. The molecule has 162 valence electrons. The molecule has 0 aromatic rings. The first kappa shape index (κ1) is 26.6. The fourth-order valence-corrected chi connectivity index (χ4v) is 3.63. The standard InChI is InChI=1S/C24H49NO2/c1-4-5-6-7-8-9-10-11-12-13-14-15-16-17-18-19-20-25(23(2)21-26)24(3)22-27/h11-12,23-24,26-27H,4-10,13-22H2,1-3H3/b12-11-. The lowest BCUT2D eigenvalue weighted by molar-refractivity contribution is 0.0665. The van der Waals surface area contributed by atoms with Gasteiger partial charge in [0.2, 0.25) is 0 Å². The highest BCUT2D eigenvalue weighted by Gasteiger charge is 2.18. The molecule has 2 N–H and O–H groups in total. The average Bonchev–Trinajstić information content (AvgIpc) is 2.69. The lowest BCUT2D eigenvalue weighted by Gasteiger charge is -2.32. The Bertz CT molecular complexity index is 310. The Labute approximate surface area is 170 Å². The molecule has 0 aliphatic carbocycles. The number of aliphatic hydroxyl groups excluding tert-OH is 2. The number of allylic oxidation sites excluding steroid dienone is 2. The lowest BCUT2D eigenvalue weighted by Crippen LogP contribution is -2.44. The van der Waals surface area contributed by atoms with Crippen LogP contribution in [0.3, 0.4) is 0 Å². The predicted molar refractivity (Wildman–Crippen MR) is 119 cm³/mol. The van der Waals surface area contributed by atoms with Gasteiger partial charge in [-0.2, -0.15) is 0 Å². The van der Waals surface area contributed by atoms with Crippen LogP contribution in [0.5, 0.6) is 0 Å². The van der Waals surface area contributed by atoms with E-state index in [0.717, 1.165) is 13.0 Å². The summed E-state index contributed by atoms with van der Waals surface area (Å²) in [4.78, 5) is 2.23. The Morgan fingerprint density at radius 1 is 0.630 bits per heavy atom. The zero-order valence-electron chi connectivity index (χ0n) is 18.7. The van der Waals surface area contributed by atoms with Crippen LogP contribution in [0.15, 0.2) is 12.2 Å². The zero-order valence-corrected chi connectivity index (χ0v) is 18.7. The van der Waals surface area contributed by atoms with Gasteiger partial charge in [0.1, 0.15) is 0 Å². The summed E-state index contributed by atoms with van der Waals surface area (Å²) in [6.45, 7) is 7.64. The average molecular weight is 384 g/mol. The van der Waals surface area contributed by atoms with Crippen molar-refractivity contribution in [2.24, 2.45) is 0 Å². The smallest absolute Gasteiger partial charge is 0.0584 e. The minimum atomic E-state index is 0.135. The van der Waals surface area contributed by atoms with E-state index in [2.05, 4.69) is 24.0 Å². The molecular weight excluding hydrogens is 334 g/mol. The Morgan fingerprint density at radius 2 is 1.04 bits per heavy atom. The molecule has 0 aromatic heterocycles. The van der Waals surface area contributed by atoms with Crippen molar-refractivity contribution in [3.05, 3.63) is 12.2 Å². The minimum absolute atomic E-state index is 0.135. The monoisotopic (exact) mass is 383 g/mol. The van der Waals surface area contributed by atoms with E-state index in [1.165, 1.54) is 83.5 Å². The van der Waals surface area contributed by atoms with Crippen LogP contribution in [0.25, 0.3) is 0 Å². The van der Waals surface area contributed by atoms with Crippen molar-refractivity contribution < 1.29 is 10.2 Å². The molecule has 0 bridgehead atoms. The molecule has 0 spiro atoms. The maximum atomic E-state index is 9.36. The highest BCUT2D eigenvalue weighted by Crippen LogP contribution is 2.12. The van der Waals surface area contributed by atoms with E-state index in [0.29, 0.717) is 0 Å². The van der Waals surface area contributed by atoms with Crippen LogP contribution in [0.4, 0.5) is 0 Å². The highest BCUT2D eigenvalue weighted by molar-refractivity contribution is 4.81. The van der Waals surface area contributed by atoms with E-state index >= 15 is 0 Å². The zero-order chi connectivity index (χ0) is 20.2. The first-order valence-corrected chi connectivity index (χ1v) is 11.8. The molecule has 0 amide bonds. The predicted octanol–water partition coefficient (Wildman–Crippen LogP) is 6.09. The summed E-state index contributed by atoms with van der Waals surface area (Å²) >= 11 is 0. The number of unbranched alkanes of at least 4 members (excludes halogenated alkanes) is 12. The summed E-state index contributed by atoms with van der Waals surface area (Å²) in [5.41, 5.74) is 0. The number of rotatable bonds is 20. The minimum Gasteiger partial charge on any atom is -0.395 e. The van der Waals surface area contributed by atoms with Crippen molar-refractivity contribution in [1.82, 2.24) is 4.90 Å². The second kappa shape index (κ2) is 20.4. The molecule has 3 heteroatoms. The van der Waals surface area contributed by atoms with Crippen molar-refractivity contribution in [3.63, 3.8) is 0 Å². The topological polar surface area (TPSA) is 43.7 Å². The van der Waals surface area contributed by atoms with Gasteiger partial charge in [-0.05, 0) is 52.5 Å². The molecule has 2 atom stereocenters. The van der Waals surface area contributed by atoms with E-state index in [4.69, 9.17) is 0 Å². The van der Waals surface area contributed by atoms with E-state index in [9.17, 15) is 10.2 Å².